The van der Waals surface area contributed by atoms with E-state index in [1.807, 2.05) is 30.3 Å². The third kappa shape index (κ3) is 5.71. The molecule has 3 heteroatoms. The van der Waals surface area contributed by atoms with E-state index >= 15 is 0 Å². The predicted octanol–water partition coefficient (Wildman–Crippen LogP) is 4.77. The van der Waals surface area contributed by atoms with Crippen molar-refractivity contribution in [2.24, 2.45) is 0 Å². The number of carbonyl (C=O) groups is 1. The van der Waals surface area contributed by atoms with E-state index in [4.69, 9.17) is 9.47 Å². The Morgan fingerprint density at radius 1 is 0.741 bits per heavy atom. The maximum atomic E-state index is 11.5. The van der Waals surface area contributed by atoms with E-state index in [0.29, 0.717) is 6.61 Å². The lowest BCUT2D eigenvalue weighted by atomic mass is 10.0. The molecule has 0 aliphatic carbocycles. The van der Waals surface area contributed by atoms with E-state index in [1.54, 1.807) is 0 Å². The summed E-state index contributed by atoms with van der Waals surface area (Å²) in [5, 5.41) is 0. The Balaban J connectivity index is 1.55. The number of hydrogen-bond donors (Lipinski definition) is 0. The number of para-hydroxylation sites is 1. The van der Waals surface area contributed by atoms with Gasteiger partial charge >= 0.3 is 5.97 Å². The van der Waals surface area contributed by atoms with Gasteiger partial charge in [-0.2, -0.15) is 0 Å². The molecule has 0 aromatic heterocycles. The SMILES string of the molecule is COC(=O)Cc1ccccc1OCc1ccc(CCc2ccccc2)cc1. The Hall–Kier alpha value is -3.07. The van der Waals surface area contributed by atoms with Crippen LogP contribution in [0.5, 0.6) is 5.75 Å². The van der Waals surface area contributed by atoms with Crippen molar-refractivity contribution in [3.8, 4) is 5.75 Å². The van der Waals surface area contributed by atoms with E-state index in [1.165, 1.54) is 18.2 Å². The lowest BCUT2D eigenvalue weighted by molar-refractivity contribution is -0.139. The van der Waals surface area contributed by atoms with Gasteiger partial charge in [0.2, 0.25) is 0 Å². The van der Waals surface area contributed by atoms with Crippen LogP contribution in [0.4, 0.5) is 0 Å². The molecule has 0 aliphatic rings. The van der Waals surface area contributed by atoms with Gasteiger partial charge in [-0.3, -0.25) is 4.79 Å². The van der Waals surface area contributed by atoms with Crippen LogP contribution < -0.4 is 4.74 Å². The molecule has 0 unspecified atom stereocenters. The first-order valence-corrected chi connectivity index (χ1v) is 9.14. The minimum Gasteiger partial charge on any atom is -0.489 e. The maximum Gasteiger partial charge on any atom is 0.310 e. The van der Waals surface area contributed by atoms with Gasteiger partial charge in [-0.1, -0.05) is 72.8 Å². The van der Waals surface area contributed by atoms with E-state index < -0.39 is 0 Å². The number of aryl methyl sites for hydroxylation is 2. The van der Waals surface area contributed by atoms with Crippen LogP contribution in [-0.2, 0) is 35.4 Å². The molecule has 0 spiro atoms. The lowest BCUT2D eigenvalue weighted by Crippen LogP contribution is -2.06. The van der Waals surface area contributed by atoms with Gasteiger partial charge in [0.25, 0.3) is 0 Å². The number of esters is 1. The van der Waals surface area contributed by atoms with E-state index in [0.717, 1.165) is 29.7 Å². The van der Waals surface area contributed by atoms with Crippen LogP contribution in [0, 0.1) is 0 Å². The topological polar surface area (TPSA) is 35.5 Å². The number of methoxy groups -OCH3 is 1. The van der Waals surface area contributed by atoms with Crippen LogP contribution in [0.1, 0.15) is 22.3 Å². The molecule has 3 aromatic rings. The van der Waals surface area contributed by atoms with Crippen LogP contribution in [0.2, 0.25) is 0 Å². The summed E-state index contributed by atoms with van der Waals surface area (Å²) < 4.78 is 10.7. The van der Waals surface area contributed by atoms with Crippen molar-refractivity contribution in [3.63, 3.8) is 0 Å². The predicted molar refractivity (Wildman–Crippen MR) is 107 cm³/mol. The van der Waals surface area contributed by atoms with Crippen LogP contribution in [0.25, 0.3) is 0 Å². The largest absolute Gasteiger partial charge is 0.489 e. The van der Waals surface area contributed by atoms with Gasteiger partial charge in [0.05, 0.1) is 13.5 Å². The quantitative estimate of drug-likeness (QED) is 0.543. The minimum atomic E-state index is -0.270. The number of benzene rings is 3. The molecule has 3 nitrogen and oxygen atoms in total. The van der Waals surface area contributed by atoms with Gasteiger partial charge < -0.3 is 9.47 Å². The molecule has 27 heavy (non-hydrogen) atoms. The summed E-state index contributed by atoms with van der Waals surface area (Å²) >= 11 is 0. The smallest absolute Gasteiger partial charge is 0.310 e. The van der Waals surface area contributed by atoms with Crippen molar-refractivity contribution in [1.82, 2.24) is 0 Å². The summed E-state index contributed by atoms with van der Waals surface area (Å²) in [6.45, 7) is 0.469. The van der Waals surface area contributed by atoms with Crippen LogP contribution in [0.15, 0.2) is 78.9 Å². The lowest BCUT2D eigenvalue weighted by Gasteiger charge is -2.11. The van der Waals surface area contributed by atoms with Crippen molar-refractivity contribution in [2.45, 2.75) is 25.9 Å². The fourth-order valence-corrected chi connectivity index (χ4v) is 2.91. The Labute approximate surface area is 160 Å². The Morgan fingerprint density at radius 3 is 2.04 bits per heavy atom. The summed E-state index contributed by atoms with van der Waals surface area (Å²) in [4.78, 5) is 11.5. The monoisotopic (exact) mass is 360 g/mol. The highest BCUT2D eigenvalue weighted by Gasteiger charge is 2.09. The molecule has 0 bridgehead atoms. The Morgan fingerprint density at radius 2 is 1.33 bits per heavy atom. The van der Waals surface area contributed by atoms with Gasteiger partial charge in [-0.05, 0) is 35.6 Å². The van der Waals surface area contributed by atoms with Crippen LogP contribution >= 0.6 is 0 Å². The first-order chi connectivity index (χ1) is 13.2. The zero-order valence-electron chi connectivity index (χ0n) is 15.6. The molecule has 0 fully saturated rings. The first kappa shape index (κ1) is 18.7. The van der Waals surface area contributed by atoms with Crippen LogP contribution in [-0.4, -0.2) is 13.1 Å². The van der Waals surface area contributed by atoms with Crippen molar-refractivity contribution < 1.29 is 14.3 Å². The van der Waals surface area contributed by atoms with E-state index in [-0.39, 0.29) is 12.4 Å². The maximum absolute atomic E-state index is 11.5. The van der Waals surface area contributed by atoms with E-state index in [2.05, 4.69) is 48.5 Å². The number of hydrogen-bond acceptors (Lipinski definition) is 3. The average molecular weight is 360 g/mol. The van der Waals surface area contributed by atoms with Gasteiger partial charge in [0, 0.05) is 5.56 Å². The molecule has 0 radical (unpaired) electrons. The molecule has 0 heterocycles. The summed E-state index contributed by atoms with van der Waals surface area (Å²) in [5.74, 6) is 0.449. The molecule has 0 amide bonds. The Kier molecular flexibility index (Phi) is 6.64. The van der Waals surface area contributed by atoms with Crippen molar-refractivity contribution in [2.75, 3.05) is 7.11 Å². The highest BCUT2D eigenvalue weighted by atomic mass is 16.5. The average Bonchev–Trinajstić information content (AvgIpc) is 2.73. The molecular weight excluding hydrogens is 336 g/mol. The summed E-state index contributed by atoms with van der Waals surface area (Å²) in [7, 11) is 1.39. The van der Waals surface area contributed by atoms with Gasteiger partial charge in [0.1, 0.15) is 12.4 Å². The third-order valence-corrected chi connectivity index (χ3v) is 4.50. The van der Waals surface area contributed by atoms with Gasteiger partial charge in [0.15, 0.2) is 0 Å². The highest BCUT2D eigenvalue weighted by Crippen LogP contribution is 2.20. The summed E-state index contributed by atoms with van der Waals surface area (Å²) in [5.41, 5.74) is 4.61. The zero-order chi connectivity index (χ0) is 18.9. The molecule has 3 rings (SSSR count). The molecule has 0 saturated heterocycles. The first-order valence-electron chi connectivity index (χ1n) is 9.14. The second-order valence-corrected chi connectivity index (χ2v) is 6.45. The second kappa shape index (κ2) is 9.58. The van der Waals surface area contributed by atoms with Gasteiger partial charge in [-0.25, -0.2) is 0 Å². The number of ether oxygens (including phenoxy) is 2. The molecule has 0 atom stereocenters. The zero-order valence-corrected chi connectivity index (χ0v) is 15.6. The molecule has 0 N–H and O–H groups in total. The minimum absolute atomic E-state index is 0.213. The van der Waals surface area contributed by atoms with Crippen molar-refractivity contribution in [1.29, 1.82) is 0 Å². The summed E-state index contributed by atoms with van der Waals surface area (Å²) in [6, 6.07) is 26.6. The fourth-order valence-electron chi connectivity index (χ4n) is 2.91. The molecule has 138 valence electrons. The molecular formula is C24H24O3. The fraction of sp³-hybridized carbons (Fsp3) is 0.208. The summed E-state index contributed by atoms with van der Waals surface area (Å²) in [6.07, 6.45) is 2.27. The van der Waals surface area contributed by atoms with Crippen molar-refractivity contribution >= 4 is 5.97 Å². The normalized spacial score (nSPS) is 10.4. The number of carbonyl (C=O) groups excluding carboxylic acids is 1. The highest BCUT2D eigenvalue weighted by molar-refractivity contribution is 5.73. The molecule has 0 aliphatic heterocycles. The molecule has 0 saturated carbocycles. The van der Waals surface area contributed by atoms with Gasteiger partial charge in [-0.15, -0.1) is 0 Å². The molecule has 3 aromatic carbocycles. The Bertz CT molecular complexity index is 854. The number of rotatable bonds is 8. The second-order valence-electron chi connectivity index (χ2n) is 6.45. The standard InChI is InChI=1S/C24H24O3/c1-26-24(25)17-22-9-5-6-10-23(22)27-18-21-15-13-20(14-16-21)12-11-19-7-3-2-4-8-19/h2-10,13-16H,11-12,17-18H2,1H3. The third-order valence-electron chi connectivity index (χ3n) is 4.50. The van der Waals surface area contributed by atoms with Crippen molar-refractivity contribution in [3.05, 3.63) is 101 Å². The van der Waals surface area contributed by atoms with Crippen LogP contribution in [0.3, 0.4) is 0 Å². The van der Waals surface area contributed by atoms with E-state index in [9.17, 15) is 4.79 Å².